The Bertz CT molecular complexity index is 719. The largest absolute Gasteiger partial charge is 0.350 e. The zero-order valence-corrected chi connectivity index (χ0v) is 14.0. The normalized spacial score (nSPS) is 10.3. The van der Waals surface area contributed by atoms with Crippen LogP contribution < -0.4 is 5.32 Å². The summed E-state index contributed by atoms with van der Waals surface area (Å²) in [7, 11) is 0. The zero-order valence-electron chi connectivity index (χ0n) is 13.3. The average Bonchev–Trinajstić information content (AvgIpc) is 2.55. The first-order valence-corrected chi connectivity index (χ1v) is 7.87. The molecule has 0 radical (unpaired) electrons. The molecule has 0 saturated carbocycles. The van der Waals surface area contributed by atoms with Gasteiger partial charge in [0.05, 0.1) is 0 Å². The number of rotatable bonds is 6. The Labute approximate surface area is 145 Å². The summed E-state index contributed by atoms with van der Waals surface area (Å²) in [6, 6.07) is 12.7. The monoisotopic (exact) mass is 348 g/mol. The molecule has 126 valence electrons. The van der Waals surface area contributed by atoms with Gasteiger partial charge in [-0.15, -0.1) is 0 Å². The first-order chi connectivity index (χ1) is 11.5. The standard InChI is InChI=1S/C18H18ClFN2O2/c1-13(23)22(12-14-5-7-16(19)8-6-14)10-9-21-18(24)15-3-2-4-17(20)11-15/h2-8,11H,9-10,12H2,1H3,(H,21,24). The molecule has 0 aliphatic heterocycles. The lowest BCUT2D eigenvalue weighted by Gasteiger charge is -2.21. The number of carbonyl (C=O) groups is 2. The Morgan fingerprint density at radius 3 is 2.50 bits per heavy atom. The van der Waals surface area contributed by atoms with Crippen molar-refractivity contribution in [3.8, 4) is 0 Å². The maximum atomic E-state index is 13.1. The molecule has 6 heteroatoms. The summed E-state index contributed by atoms with van der Waals surface area (Å²) < 4.78 is 13.1. The fourth-order valence-corrected chi connectivity index (χ4v) is 2.32. The molecule has 0 unspecified atom stereocenters. The molecule has 0 fully saturated rings. The van der Waals surface area contributed by atoms with E-state index in [2.05, 4.69) is 5.32 Å². The van der Waals surface area contributed by atoms with Crippen LogP contribution in [0.1, 0.15) is 22.8 Å². The third-order valence-corrected chi connectivity index (χ3v) is 3.74. The van der Waals surface area contributed by atoms with Crippen LogP contribution in [0.15, 0.2) is 48.5 Å². The SMILES string of the molecule is CC(=O)N(CCNC(=O)c1cccc(F)c1)Cc1ccc(Cl)cc1. The van der Waals surface area contributed by atoms with Gasteiger partial charge in [-0.25, -0.2) is 4.39 Å². The van der Waals surface area contributed by atoms with Crippen LogP contribution in [0.3, 0.4) is 0 Å². The minimum Gasteiger partial charge on any atom is -0.350 e. The molecule has 2 aromatic rings. The van der Waals surface area contributed by atoms with E-state index in [1.54, 1.807) is 17.0 Å². The van der Waals surface area contributed by atoms with E-state index in [9.17, 15) is 14.0 Å². The van der Waals surface area contributed by atoms with E-state index in [1.807, 2.05) is 12.1 Å². The molecule has 0 atom stereocenters. The quantitative estimate of drug-likeness (QED) is 0.871. The predicted octanol–water partition coefficient (Wildman–Crippen LogP) is 3.26. The number of halogens is 2. The molecule has 0 saturated heterocycles. The van der Waals surface area contributed by atoms with Crippen LogP contribution in [0.2, 0.25) is 5.02 Å². The summed E-state index contributed by atoms with van der Waals surface area (Å²) in [6.45, 7) is 2.55. The number of carbonyl (C=O) groups excluding carboxylic acids is 2. The number of nitrogens with zero attached hydrogens (tertiary/aromatic N) is 1. The van der Waals surface area contributed by atoms with Gasteiger partial charge in [0.1, 0.15) is 5.82 Å². The van der Waals surface area contributed by atoms with Crippen molar-refractivity contribution in [1.82, 2.24) is 10.2 Å². The molecule has 0 heterocycles. The minimum atomic E-state index is -0.462. The molecule has 1 N–H and O–H groups in total. The summed E-state index contributed by atoms with van der Waals surface area (Å²) >= 11 is 5.84. The fraction of sp³-hybridized carbons (Fsp3) is 0.222. The second kappa shape index (κ2) is 8.45. The van der Waals surface area contributed by atoms with Crippen molar-refractivity contribution in [1.29, 1.82) is 0 Å². The highest BCUT2D eigenvalue weighted by atomic mass is 35.5. The van der Waals surface area contributed by atoms with E-state index in [0.29, 0.717) is 18.1 Å². The highest BCUT2D eigenvalue weighted by Crippen LogP contribution is 2.11. The molecule has 0 aromatic heterocycles. The van der Waals surface area contributed by atoms with Crippen LogP contribution in [-0.4, -0.2) is 29.8 Å². The summed E-state index contributed by atoms with van der Waals surface area (Å²) in [6.07, 6.45) is 0. The van der Waals surface area contributed by atoms with E-state index in [0.717, 1.165) is 5.56 Å². The van der Waals surface area contributed by atoms with Gasteiger partial charge in [-0.2, -0.15) is 0 Å². The number of amides is 2. The lowest BCUT2D eigenvalue weighted by atomic mass is 10.2. The van der Waals surface area contributed by atoms with Gasteiger partial charge in [0.15, 0.2) is 0 Å². The number of hydrogen-bond donors (Lipinski definition) is 1. The molecule has 24 heavy (non-hydrogen) atoms. The Balaban J connectivity index is 1.88. The topological polar surface area (TPSA) is 49.4 Å². The van der Waals surface area contributed by atoms with E-state index < -0.39 is 5.82 Å². The molecular formula is C18H18ClFN2O2. The first kappa shape index (κ1) is 17.9. The Morgan fingerprint density at radius 1 is 1.17 bits per heavy atom. The van der Waals surface area contributed by atoms with Gasteiger partial charge in [-0.1, -0.05) is 29.8 Å². The van der Waals surface area contributed by atoms with Gasteiger partial charge in [0.25, 0.3) is 5.91 Å². The molecule has 2 rings (SSSR count). The van der Waals surface area contributed by atoms with Crippen molar-refractivity contribution >= 4 is 23.4 Å². The van der Waals surface area contributed by atoms with Crippen LogP contribution >= 0.6 is 11.6 Å². The van der Waals surface area contributed by atoms with E-state index in [4.69, 9.17) is 11.6 Å². The van der Waals surface area contributed by atoms with Crippen LogP contribution in [0.4, 0.5) is 4.39 Å². The van der Waals surface area contributed by atoms with E-state index in [1.165, 1.54) is 31.2 Å². The fourth-order valence-electron chi connectivity index (χ4n) is 2.19. The summed E-state index contributed by atoms with van der Waals surface area (Å²) in [4.78, 5) is 25.3. The van der Waals surface area contributed by atoms with E-state index in [-0.39, 0.29) is 23.9 Å². The average molecular weight is 349 g/mol. The first-order valence-electron chi connectivity index (χ1n) is 7.49. The Hall–Kier alpha value is -2.40. The Morgan fingerprint density at radius 2 is 1.88 bits per heavy atom. The van der Waals surface area contributed by atoms with Crippen LogP contribution in [-0.2, 0) is 11.3 Å². The van der Waals surface area contributed by atoms with Crippen molar-refractivity contribution < 1.29 is 14.0 Å². The zero-order chi connectivity index (χ0) is 17.5. The third kappa shape index (κ3) is 5.35. The highest BCUT2D eigenvalue weighted by molar-refractivity contribution is 6.30. The lowest BCUT2D eigenvalue weighted by molar-refractivity contribution is -0.129. The summed E-state index contributed by atoms with van der Waals surface area (Å²) in [5.41, 5.74) is 1.20. The second-order valence-electron chi connectivity index (χ2n) is 5.33. The van der Waals surface area contributed by atoms with Crippen LogP contribution in [0, 0.1) is 5.82 Å². The number of hydrogen-bond acceptors (Lipinski definition) is 2. The van der Waals surface area contributed by atoms with Crippen molar-refractivity contribution in [2.45, 2.75) is 13.5 Å². The Kier molecular flexibility index (Phi) is 6.32. The van der Waals surface area contributed by atoms with Crippen molar-refractivity contribution in [2.75, 3.05) is 13.1 Å². The molecule has 0 bridgehead atoms. The van der Waals surface area contributed by atoms with Crippen LogP contribution in [0.5, 0.6) is 0 Å². The number of nitrogens with one attached hydrogen (secondary N) is 1. The van der Waals surface area contributed by atoms with Crippen molar-refractivity contribution in [3.05, 3.63) is 70.5 Å². The molecule has 0 spiro atoms. The minimum absolute atomic E-state index is 0.0926. The lowest BCUT2D eigenvalue weighted by Crippen LogP contribution is -2.37. The summed E-state index contributed by atoms with van der Waals surface area (Å²) in [5, 5.41) is 3.32. The van der Waals surface area contributed by atoms with Crippen molar-refractivity contribution in [3.63, 3.8) is 0 Å². The molecule has 2 aromatic carbocycles. The smallest absolute Gasteiger partial charge is 0.251 e. The molecular weight excluding hydrogens is 331 g/mol. The maximum absolute atomic E-state index is 13.1. The van der Waals surface area contributed by atoms with Crippen molar-refractivity contribution in [2.24, 2.45) is 0 Å². The molecule has 0 aliphatic carbocycles. The molecule has 2 amide bonds. The predicted molar refractivity (Wildman–Crippen MR) is 91.3 cm³/mol. The molecule has 0 aliphatic rings. The van der Waals surface area contributed by atoms with Gasteiger partial charge in [-0.3, -0.25) is 9.59 Å². The second-order valence-corrected chi connectivity index (χ2v) is 5.77. The third-order valence-electron chi connectivity index (χ3n) is 3.49. The summed E-state index contributed by atoms with van der Waals surface area (Å²) in [5.74, 6) is -0.926. The van der Waals surface area contributed by atoms with E-state index >= 15 is 0 Å². The van der Waals surface area contributed by atoms with Gasteiger partial charge < -0.3 is 10.2 Å². The van der Waals surface area contributed by atoms with Gasteiger partial charge >= 0.3 is 0 Å². The van der Waals surface area contributed by atoms with Gasteiger partial charge in [-0.05, 0) is 35.9 Å². The number of benzene rings is 2. The van der Waals surface area contributed by atoms with Crippen LogP contribution in [0.25, 0.3) is 0 Å². The van der Waals surface area contributed by atoms with Gasteiger partial charge in [0.2, 0.25) is 5.91 Å². The molecule has 4 nitrogen and oxygen atoms in total. The highest BCUT2D eigenvalue weighted by Gasteiger charge is 2.11. The van der Waals surface area contributed by atoms with Gasteiger partial charge in [0, 0.05) is 37.1 Å². The maximum Gasteiger partial charge on any atom is 0.251 e.